The van der Waals surface area contributed by atoms with E-state index in [9.17, 15) is 4.21 Å². The van der Waals surface area contributed by atoms with E-state index >= 15 is 0 Å². The summed E-state index contributed by atoms with van der Waals surface area (Å²) in [4.78, 5) is 0. The molecular weight excluding hydrogens is 156 g/mol. The molecule has 11 heavy (non-hydrogen) atoms. The highest BCUT2D eigenvalue weighted by Gasteiger charge is 2.32. The number of rotatable bonds is 0. The fourth-order valence-corrected chi connectivity index (χ4v) is 4.37. The summed E-state index contributed by atoms with van der Waals surface area (Å²) in [5.74, 6) is 1.82. The van der Waals surface area contributed by atoms with Gasteiger partial charge in [0, 0.05) is 21.8 Å². The molecule has 0 bridgehead atoms. The SMILES string of the molecule is O=S1CCCC2CCCCC21. The molecule has 0 spiro atoms. The van der Waals surface area contributed by atoms with Crippen LogP contribution >= 0.6 is 0 Å². The van der Waals surface area contributed by atoms with Gasteiger partial charge in [0.25, 0.3) is 0 Å². The minimum atomic E-state index is -0.457. The lowest BCUT2D eigenvalue weighted by Crippen LogP contribution is -2.34. The van der Waals surface area contributed by atoms with Crippen molar-refractivity contribution in [3.05, 3.63) is 0 Å². The van der Waals surface area contributed by atoms with E-state index in [1.54, 1.807) is 0 Å². The minimum Gasteiger partial charge on any atom is -0.259 e. The molecule has 0 radical (unpaired) electrons. The Labute approximate surface area is 71.0 Å². The lowest BCUT2D eigenvalue weighted by Gasteiger charge is -2.34. The van der Waals surface area contributed by atoms with Crippen LogP contribution in [0.15, 0.2) is 0 Å². The Kier molecular flexibility index (Phi) is 2.30. The standard InChI is InChI=1S/C9H16OS/c10-11-7-3-5-8-4-1-2-6-9(8)11/h8-9H,1-7H2. The molecular formula is C9H16OS. The van der Waals surface area contributed by atoms with E-state index in [0.717, 1.165) is 11.7 Å². The van der Waals surface area contributed by atoms with Crippen molar-refractivity contribution in [2.24, 2.45) is 5.92 Å². The van der Waals surface area contributed by atoms with Gasteiger partial charge in [0.1, 0.15) is 0 Å². The number of hydrogen-bond donors (Lipinski definition) is 0. The van der Waals surface area contributed by atoms with Gasteiger partial charge >= 0.3 is 0 Å². The van der Waals surface area contributed by atoms with Crippen molar-refractivity contribution in [1.29, 1.82) is 0 Å². The average Bonchev–Trinajstić information content (AvgIpc) is 2.06. The zero-order valence-corrected chi connectivity index (χ0v) is 7.74. The smallest absolute Gasteiger partial charge is 0.0376 e. The molecule has 1 aliphatic carbocycles. The van der Waals surface area contributed by atoms with Crippen LogP contribution in [-0.4, -0.2) is 15.2 Å². The Morgan fingerprint density at radius 1 is 1.00 bits per heavy atom. The Bertz CT molecular complexity index is 165. The lowest BCUT2D eigenvalue weighted by molar-refractivity contribution is 0.332. The summed E-state index contributed by atoms with van der Waals surface area (Å²) in [5, 5.41) is 0.595. The third-order valence-electron chi connectivity index (χ3n) is 3.10. The summed E-state index contributed by atoms with van der Waals surface area (Å²) in [7, 11) is -0.457. The Morgan fingerprint density at radius 3 is 2.55 bits per heavy atom. The van der Waals surface area contributed by atoms with Crippen LogP contribution < -0.4 is 0 Å². The maximum absolute atomic E-state index is 11.5. The molecule has 64 valence electrons. The van der Waals surface area contributed by atoms with Gasteiger partial charge in [-0.1, -0.05) is 12.8 Å². The van der Waals surface area contributed by atoms with E-state index in [1.807, 2.05) is 0 Å². The second-order valence-electron chi connectivity index (χ2n) is 3.81. The molecule has 3 atom stereocenters. The third-order valence-corrected chi connectivity index (χ3v) is 5.08. The van der Waals surface area contributed by atoms with E-state index in [1.165, 1.54) is 38.5 Å². The van der Waals surface area contributed by atoms with Gasteiger partial charge in [0.05, 0.1) is 0 Å². The zero-order chi connectivity index (χ0) is 7.68. The van der Waals surface area contributed by atoms with Crippen molar-refractivity contribution in [3.63, 3.8) is 0 Å². The minimum absolute atomic E-state index is 0.457. The second kappa shape index (κ2) is 3.26. The monoisotopic (exact) mass is 172 g/mol. The van der Waals surface area contributed by atoms with E-state index < -0.39 is 10.8 Å². The van der Waals surface area contributed by atoms with Crippen molar-refractivity contribution in [3.8, 4) is 0 Å². The first kappa shape index (κ1) is 7.78. The molecule has 2 heteroatoms. The van der Waals surface area contributed by atoms with E-state index in [-0.39, 0.29) is 0 Å². The Hall–Kier alpha value is 0.150. The van der Waals surface area contributed by atoms with Gasteiger partial charge < -0.3 is 0 Å². The Morgan fingerprint density at radius 2 is 1.73 bits per heavy atom. The molecule has 1 nitrogen and oxygen atoms in total. The van der Waals surface area contributed by atoms with Gasteiger partial charge in [-0.05, 0) is 31.6 Å². The summed E-state index contributed by atoms with van der Waals surface area (Å²) in [6.07, 6.45) is 7.89. The molecule has 1 aliphatic heterocycles. The molecule has 2 aliphatic rings. The normalized spacial score (nSPS) is 44.9. The van der Waals surface area contributed by atoms with Gasteiger partial charge in [-0.2, -0.15) is 0 Å². The quantitative estimate of drug-likeness (QED) is 0.547. The number of hydrogen-bond acceptors (Lipinski definition) is 1. The van der Waals surface area contributed by atoms with Crippen molar-refractivity contribution >= 4 is 10.8 Å². The highest BCUT2D eigenvalue weighted by atomic mass is 32.2. The van der Waals surface area contributed by atoms with E-state index in [4.69, 9.17) is 0 Å². The molecule has 0 aromatic rings. The summed E-state index contributed by atoms with van der Waals surface area (Å²) >= 11 is 0. The summed E-state index contributed by atoms with van der Waals surface area (Å²) in [5.41, 5.74) is 0. The molecule has 0 amide bonds. The van der Waals surface area contributed by atoms with Crippen LogP contribution in [-0.2, 0) is 10.8 Å². The average molecular weight is 172 g/mol. The maximum atomic E-state index is 11.5. The van der Waals surface area contributed by atoms with Gasteiger partial charge in [-0.25, -0.2) is 0 Å². The van der Waals surface area contributed by atoms with Gasteiger partial charge in [0.15, 0.2) is 0 Å². The van der Waals surface area contributed by atoms with Crippen LogP contribution in [0.5, 0.6) is 0 Å². The molecule has 1 heterocycles. The summed E-state index contributed by atoms with van der Waals surface area (Å²) < 4.78 is 11.5. The highest BCUT2D eigenvalue weighted by Crippen LogP contribution is 2.34. The van der Waals surface area contributed by atoms with Gasteiger partial charge in [0.2, 0.25) is 0 Å². The van der Waals surface area contributed by atoms with Crippen molar-refractivity contribution < 1.29 is 4.21 Å². The second-order valence-corrected chi connectivity index (χ2v) is 5.59. The first-order valence-electron chi connectivity index (χ1n) is 4.75. The van der Waals surface area contributed by atoms with Gasteiger partial charge in [-0.3, -0.25) is 4.21 Å². The van der Waals surface area contributed by atoms with E-state index in [0.29, 0.717) is 5.25 Å². The van der Waals surface area contributed by atoms with Crippen molar-refractivity contribution in [1.82, 2.24) is 0 Å². The molecule has 0 aromatic heterocycles. The topological polar surface area (TPSA) is 17.1 Å². The summed E-state index contributed by atoms with van der Waals surface area (Å²) in [6.45, 7) is 0. The zero-order valence-electron chi connectivity index (χ0n) is 6.92. The fourth-order valence-electron chi connectivity index (χ4n) is 2.49. The maximum Gasteiger partial charge on any atom is 0.0376 e. The molecule has 1 saturated carbocycles. The number of fused-ring (bicyclic) bond motifs is 1. The van der Waals surface area contributed by atoms with Crippen LogP contribution in [0.3, 0.4) is 0 Å². The predicted molar refractivity (Wildman–Crippen MR) is 48.0 cm³/mol. The summed E-state index contributed by atoms with van der Waals surface area (Å²) in [6, 6.07) is 0. The van der Waals surface area contributed by atoms with Crippen LogP contribution in [0.4, 0.5) is 0 Å². The van der Waals surface area contributed by atoms with Crippen molar-refractivity contribution in [2.45, 2.75) is 43.8 Å². The van der Waals surface area contributed by atoms with Crippen LogP contribution in [0.1, 0.15) is 38.5 Å². The molecule has 3 unspecified atom stereocenters. The largest absolute Gasteiger partial charge is 0.259 e. The first-order valence-corrected chi connectivity index (χ1v) is 6.13. The lowest BCUT2D eigenvalue weighted by atomic mass is 9.85. The van der Waals surface area contributed by atoms with Gasteiger partial charge in [-0.15, -0.1) is 0 Å². The van der Waals surface area contributed by atoms with Crippen LogP contribution in [0.2, 0.25) is 0 Å². The highest BCUT2D eigenvalue weighted by molar-refractivity contribution is 7.85. The Balaban J connectivity index is 2.05. The molecule has 2 rings (SSSR count). The first-order chi connectivity index (χ1) is 5.38. The van der Waals surface area contributed by atoms with Crippen LogP contribution in [0, 0.1) is 5.92 Å². The van der Waals surface area contributed by atoms with Crippen molar-refractivity contribution in [2.75, 3.05) is 5.75 Å². The third kappa shape index (κ3) is 1.51. The molecule has 1 saturated heterocycles. The van der Waals surface area contributed by atoms with E-state index in [2.05, 4.69) is 0 Å². The molecule has 2 fully saturated rings. The van der Waals surface area contributed by atoms with Crippen LogP contribution in [0.25, 0.3) is 0 Å². The fraction of sp³-hybridized carbons (Fsp3) is 1.00. The molecule has 0 aromatic carbocycles. The molecule has 0 N–H and O–H groups in total. The predicted octanol–water partition coefficient (Wildman–Crippen LogP) is 2.09.